The third-order valence-electron chi connectivity index (χ3n) is 4.93. The Kier molecular flexibility index (Phi) is 9.63. The number of ether oxygens (including phenoxy) is 3. The second-order valence-electron chi connectivity index (χ2n) is 10.5. The molecule has 1 aromatic heterocycles. The number of benzene rings is 1. The van der Waals surface area contributed by atoms with Gasteiger partial charge >= 0.3 is 17.9 Å². The number of rotatable bonds is 10. The lowest BCUT2D eigenvalue weighted by Crippen LogP contribution is -2.53. The second-order valence-corrected chi connectivity index (χ2v) is 10.5. The molecule has 2 unspecified atom stereocenters. The molecule has 2 rings (SSSR count). The third kappa shape index (κ3) is 9.33. The fraction of sp³-hybridized carbons (Fsp3) is 0.538. The van der Waals surface area contributed by atoms with Crippen molar-refractivity contribution in [3.05, 3.63) is 36.0 Å². The molecular weight excluding hydrogens is 466 g/mol. The number of hydrogen-bond donors (Lipinski definition) is 3. The number of fused-ring (bicyclic) bond motifs is 1. The minimum absolute atomic E-state index is 0.154. The summed E-state index contributed by atoms with van der Waals surface area (Å²) < 4.78 is 15.5. The summed E-state index contributed by atoms with van der Waals surface area (Å²) in [5.41, 5.74) is 0.172. The van der Waals surface area contributed by atoms with Crippen molar-refractivity contribution in [1.29, 1.82) is 0 Å². The molecule has 0 fully saturated rings. The van der Waals surface area contributed by atoms with Crippen molar-refractivity contribution in [2.45, 2.75) is 77.7 Å². The van der Waals surface area contributed by atoms with Crippen molar-refractivity contribution in [1.82, 2.24) is 15.6 Å². The second kappa shape index (κ2) is 12.0. The zero-order valence-corrected chi connectivity index (χ0v) is 22.0. The van der Waals surface area contributed by atoms with E-state index >= 15 is 0 Å². The van der Waals surface area contributed by atoms with Crippen molar-refractivity contribution in [3.8, 4) is 0 Å². The van der Waals surface area contributed by atoms with E-state index in [-0.39, 0.29) is 19.4 Å². The summed E-state index contributed by atoms with van der Waals surface area (Å²) in [6, 6.07) is 5.41. The van der Waals surface area contributed by atoms with Gasteiger partial charge in [0.15, 0.2) is 0 Å². The normalized spacial score (nSPS) is 13.5. The van der Waals surface area contributed by atoms with Gasteiger partial charge in [-0.05, 0) is 53.2 Å². The van der Waals surface area contributed by atoms with Crippen molar-refractivity contribution >= 4 is 34.7 Å². The molecule has 1 amide bonds. The van der Waals surface area contributed by atoms with E-state index in [9.17, 15) is 19.2 Å². The number of aromatic amines is 1. The predicted molar refractivity (Wildman–Crippen MR) is 134 cm³/mol. The highest BCUT2D eigenvalue weighted by molar-refractivity contribution is 5.91. The molecule has 0 radical (unpaired) electrons. The first kappa shape index (κ1) is 28.8. The Bertz CT molecular complexity index is 1080. The van der Waals surface area contributed by atoms with Crippen LogP contribution in [0, 0.1) is 0 Å². The Morgan fingerprint density at radius 3 is 2.17 bits per heavy atom. The van der Waals surface area contributed by atoms with E-state index in [2.05, 4.69) is 20.4 Å². The van der Waals surface area contributed by atoms with Crippen LogP contribution in [0.1, 0.15) is 53.5 Å². The summed E-state index contributed by atoms with van der Waals surface area (Å²) >= 11 is 0. The molecule has 0 aliphatic carbocycles. The van der Waals surface area contributed by atoms with Crippen LogP contribution in [0.4, 0.5) is 0 Å². The van der Waals surface area contributed by atoms with Crippen LogP contribution in [0.15, 0.2) is 30.5 Å². The molecule has 198 valence electrons. The van der Waals surface area contributed by atoms with Crippen LogP contribution in [-0.2, 0) is 39.8 Å². The summed E-state index contributed by atoms with van der Waals surface area (Å²) in [7, 11) is 1.21. The van der Waals surface area contributed by atoms with Crippen LogP contribution >= 0.6 is 0 Å². The topological polar surface area (TPSA) is 136 Å². The highest BCUT2D eigenvalue weighted by Gasteiger charge is 2.32. The molecule has 1 aromatic carbocycles. The summed E-state index contributed by atoms with van der Waals surface area (Å²) in [5, 5.41) is 6.34. The molecule has 0 spiro atoms. The Labute approximate surface area is 211 Å². The van der Waals surface area contributed by atoms with E-state index in [1.54, 1.807) is 47.7 Å². The van der Waals surface area contributed by atoms with E-state index in [1.165, 1.54) is 7.11 Å². The molecule has 2 aromatic rings. The van der Waals surface area contributed by atoms with Gasteiger partial charge in [0.05, 0.1) is 26.1 Å². The average molecular weight is 504 g/mol. The minimum Gasteiger partial charge on any atom is -0.468 e. The van der Waals surface area contributed by atoms with Gasteiger partial charge in [0.2, 0.25) is 5.91 Å². The minimum atomic E-state index is -1.15. The van der Waals surface area contributed by atoms with Gasteiger partial charge in [0, 0.05) is 23.5 Å². The molecule has 10 nitrogen and oxygen atoms in total. The molecular formula is C26H37N3O7. The number of nitrogens with one attached hydrogen (secondary N) is 3. The maximum atomic E-state index is 13.3. The van der Waals surface area contributed by atoms with Crippen LogP contribution in [0.25, 0.3) is 10.9 Å². The Morgan fingerprint density at radius 2 is 1.56 bits per heavy atom. The fourth-order valence-electron chi connectivity index (χ4n) is 3.45. The first-order valence-electron chi connectivity index (χ1n) is 11.8. The van der Waals surface area contributed by atoms with Gasteiger partial charge in [0.1, 0.15) is 17.2 Å². The van der Waals surface area contributed by atoms with Crippen molar-refractivity contribution in [2.75, 3.05) is 13.7 Å². The largest absolute Gasteiger partial charge is 0.468 e. The first-order valence-corrected chi connectivity index (χ1v) is 11.8. The van der Waals surface area contributed by atoms with E-state index in [1.807, 2.05) is 24.3 Å². The van der Waals surface area contributed by atoms with Gasteiger partial charge < -0.3 is 24.5 Å². The zero-order valence-electron chi connectivity index (χ0n) is 22.0. The number of para-hydroxylation sites is 1. The van der Waals surface area contributed by atoms with Gasteiger partial charge in [-0.3, -0.25) is 19.7 Å². The lowest BCUT2D eigenvalue weighted by atomic mass is 10.0. The van der Waals surface area contributed by atoms with Crippen LogP contribution in [-0.4, -0.2) is 65.7 Å². The number of carbonyl (C=O) groups is 4. The molecule has 36 heavy (non-hydrogen) atoms. The molecule has 0 aliphatic heterocycles. The number of aromatic nitrogens is 1. The maximum absolute atomic E-state index is 13.3. The predicted octanol–water partition coefficient (Wildman–Crippen LogP) is 2.40. The zero-order chi connectivity index (χ0) is 27.1. The van der Waals surface area contributed by atoms with E-state index in [0.717, 1.165) is 16.5 Å². The number of carbonyl (C=O) groups excluding carboxylic acids is 4. The van der Waals surface area contributed by atoms with Crippen LogP contribution in [0.5, 0.6) is 0 Å². The fourth-order valence-corrected chi connectivity index (χ4v) is 3.45. The Hall–Kier alpha value is -3.40. The molecule has 1 heterocycles. The average Bonchev–Trinajstić information content (AvgIpc) is 3.16. The van der Waals surface area contributed by atoms with E-state index in [0.29, 0.717) is 0 Å². The number of hydrogen-bond acceptors (Lipinski definition) is 8. The van der Waals surface area contributed by atoms with Crippen molar-refractivity contribution < 1.29 is 33.4 Å². The van der Waals surface area contributed by atoms with Crippen LogP contribution in [0.3, 0.4) is 0 Å². The summed E-state index contributed by atoms with van der Waals surface area (Å²) in [6.45, 7) is 10.0. The molecule has 0 bridgehead atoms. The number of esters is 3. The Balaban J connectivity index is 2.27. The smallest absolute Gasteiger partial charge is 0.329 e. The summed E-state index contributed by atoms with van der Waals surface area (Å²) in [5.74, 6) is -2.52. The monoisotopic (exact) mass is 503 g/mol. The van der Waals surface area contributed by atoms with Crippen molar-refractivity contribution in [2.24, 2.45) is 0 Å². The molecule has 0 aliphatic rings. The molecule has 2 atom stereocenters. The highest BCUT2D eigenvalue weighted by Crippen LogP contribution is 2.20. The molecule has 10 heteroatoms. The van der Waals surface area contributed by atoms with E-state index in [4.69, 9.17) is 9.47 Å². The van der Waals surface area contributed by atoms with E-state index < -0.39 is 47.1 Å². The molecule has 0 saturated carbocycles. The van der Waals surface area contributed by atoms with Gasteiger partial charge in [-0.2, -0.15) is 0 Å². The third-order valence-corrected chi connectivity index (χ3v) is 4.93. The first-order chi connectivity index (χ1) is 16.7. The quantitative estimate of drug-likeness (QED) is 0.332. The lowest BCUT2D eigenvalue weighted by Gasteiger charge is -2.26. The van der Waals surface area contributed by atoms with Gasteiger partial charge in [-0.15, -0.1) is 0 Å². The van der Waals surface area contributed by atoms with Gasteiger partial charge in [0.25, 0.3) is 0 Å². The van der Waals surface area contributed by atoms with Crippen molar-refractivity contribution in [3.63, 3.8) is 0 Å². The number of amides is 1. The van der Waals surface area contributed by atoms with Crippen LogP contribution in [0.2, 0.25) is 0 Å². The summed E-state index contributed by atoms with van der Waals surface area (Å²) in [4.78, 5) is 53.6. The SMILES string of the molecule is COC(=O)CNC(CC(=O)OC(C)(C)C)C(=O)NC(Cc1c[nH]c2ccccc12)C(=O)OC(C)(C)C. The lowest BCUT2D eigenvalue weighted by molar-refractivity contribution is -0.159. The number of H-pyrrole nitrogens is 1. The maximum Gasteiger partial charge on any atom is 0.329 e. The van der Waals surface area contributed by atoms with Crippen LogP contribution < -0.4 is 10.6 Å². The Morgan fingerprint density at radius 1 is 0.917 bits per heavy atom. The molecule has 3 N–H and O–H groups in total. The van der Waals surface area contributed by atoms with Gasteiger partial charge in [-0.25, -0.2) is 4.79 Å². The van der Waals surface area contributed by atoms with Gasteiger partial charge in [-0.1, -0.05) is 18.2 Å². The standard InChI is InChI=1S/C26H37N3O7/c1-25(2,3)35-21(30)13-19(28-15-22(31)34-7)23(32)29-20(24(33)36-26(4,5)6)12-16-14-27-18-11-9-8-10-17(16)18/h8-11,14,19-20,27-28H,12-13,15H2,1-7H3,(H,29,32). The molecule has 0 saturated heterocycles. The summed E-state index contributed by atoms with van der Waals surface area (Å²) in [6.07, 6.45) is 1.58. The highest BCUT2D eigenvalue weighted by atomic mass is 16.6. The number of methoxy groups -OCH3 is 1.